The van der Waals surface area contributed by atoms with Crippen LogP contribution in [0.25, 0.3) is 0 Å². The quantitative estimate of drug-likeness (QED) is 0.282. The van der Waals surface area contributed by atoms with Crippen molar-refractivity contribution in [2.45, 2.75) is 121 Å². The smallest absolute Gasteiger partial charge is 0.370 e. The monoisotopic (exact) mass is 563 g/mol. The number of carbonyl (C=O) groups is 4. The third-order valence-corrected chi connectivity index (χ3v) is 6.41. The zero-order chi connectivity index (χ0) is 30.0. The number of hydrogen-bond donors (Lipinski definition) is 4. The molecule has 4 N–H and O–H groups in total. The van der Waals surface area contributed by atoms with Crippen LogP contribution in [0.2, 0.25) is 0 Å². The molecule has 0 aromatic rings. The fourth-order valence-corrected chi connectivity index (χ4v) is 4.51. The molecule has 1 saturated carbocycles. The Hall–Kier alpha value is -2.95. The Morgan fingerprint density at radius 3 is 2.15 bits per heavy atom. The van der Waals surface area contributed by atoms with Crippen LogP contribution >= 0.6 is 0 Å². The molecule has 0 aromatic heterocycles. The summed E-state index contributed by atoms with van der Waals surface area (Å²) in [7, 11) is 0. The highest BCUT2D eigenvalue weighted by Crippen LogP contribution is 2.43. The highest BCUT2D eigenvalue weighted by molar-refractivity contribution is 5.93. The number of hydrogen-bond acceptors (Lipinski definition) is 6. The van der Waals surface area contributed by atoms with Crippen LogP contribution in [0.15, 0.2) is 0 Å². The van der Waals surface area contributed by atoms with Gasteiger partial charge in [-0.1, -0.05) is 0 Å². The first-order valence-corrected chi connectivity index (χ1v) is 12.7. The Labute approximate surface area is 225 Å². The second-order valence-electron chi connectivity index (χ2n) is 12.0. The summed E-state index contributed by atoms with van der Waals surface area (Å²) in [5.41, 5.74) is -3.17. The first-order valence-electron chi connectivity index (χ1n) is 12.7. The average Bonchev–Trinajstić information content (AvgIpc) is 3.42. The number of nitriles is 1. The van der Waals surface area contributed by atoms with Crippen molar-refractivity contribution in [1.29, 1.82) is 5.26 Å². The van der Waals surface area contributed by atoms with E-state index >= 15 is 0 Å². The van der Waals surface area contributed by atoms with Gasteiger partial charge < -0.3 is 26.0 Å². The minimum absolute atomic E-state index is 0.0281. The van der Waals surface area contributed by atoms with E-state index in [2.05, 4.69) is 16.0 Å². The molecule has 1 heterocycles. The van der Waals surface area contributed by atoms with E-state index in [0.717, 1.165) is 0 Å². The molecule has 4 amide bonds. The van der Waals surface area contributed by atoms with Crippen molar-refractivity contribution in [3.8, 4) is 6.07 Å². The maximum Gasteiger partial charge on any atom is 0.471 e. The molecule has 39 heavy (non-hydrogen) atoms. The van der Waals surface area contributed by atoms with E-state index in [0.29, 0.717) is 6.42 Å². The van der Waals surface area contributed by atoms with Gasteiger partial charge in [0.15, 0.2) is 0 Å². The van der Waals surface area contributed by atoms with Crippen molar-refractivity contribution in [1.82, 2.24) is 21.3 Å². The molecule has 0 spiro atoms. The molecule has 2 fully saturated rings. The number of alkyl halides is 4. The first kappa shape index (κ1) is 32.3. The molecule has 1 aliphatic carbocycles. The number of nitrogens with zero attached hydrogens (tertiary/aromatic N) is 1. The number of nitrogens with one attached hydrogen (secondary N) is 4. The van der Waals surface area contributed by atoms with Crippen LogP contribution in [0, 0.1) is 17.2 Å². The van der Waals surface area contributed by atoms with Gasteiger partial charge in [0.05, 0.1) is 17.8 Å². The Kier molecular flexibility index (Phi) is 9.64. The average molecular weight is 564 g/mol. The molecule has 1 saturated heterocycles. The van der Waals surface area contributed by atoms with E-state index in [1.54, 1.807) is 26.1 Å². The van der Waals surface area contributed by atoms with Gasteiger partial charge >= 0.3 is 12.1 Å². The number of rotatable bonds is 11. The lowest BCUT2D eigenvalue weighted by atomic mass is 9.92. The normalized spacial score (nSPS) is 22.9. The zero-order valence-electron chi connectivity index (χ0n) is 22.9. The predicted octanol–water partition coefficient (Wildman–Crippen LogP) is 1.93. The number of halogens is 4. The highest BCUT2D eigenvalue weighted by Gasteiger charge is 2.48. The van der Waals surface area contributed by atoms with Crippen LogP contribution < -0.4 is 21.3 Å². The Morgan fingerprint density at radius 1 is 1.13 bits per heavy atom. The van der Waals surface area contributed by atoms with Gasteiger partial charge in [0, 0.05) is 17.9 Å². The van der Waals surface area contributed by atoms with Crippen molar-refractivity contribution >= 4 is 23.6 Å². The van der Waals surface area contributed by atoms with E-state index in [-0.39, 0.29) is 25.2 Å². The van der Waals surface area contributed by atoms with Crippen LogP contribution in [0.4, 0.5) is 17.6 Å². The first-order chi connectivity index (χ1) is 17.6. The van der Waals surface area contributed by atoms with Gasteiger partial charge in [0.25, 0.3) is 0 Å². The molecule has 5 unspecified atom stereocenters. The fourth-order valence-electron chi connectivity index (χ4n) is 4.51. The molecule has 1 aliphatic heterocycles. The summed E-state index contributed by atoms with van der Waals surface area (Å²) in [5.74, 6) is -5.37. The molecule has 5 atom stereocenters. The minimum atomic E-state index is -5.30. The largest absolute Gasteiger partial charge is 0.471 e. The summed E-state index contributed by atoms with van der Waals surface area (Å²) < 4.78 is 59.2. The van der Waals surface area contributed by atoms with Gasteiger partial charge in [-0.15, -0.1) is 0 Å². The lowest BCUT2D eigenvalue weighted by Gasteiger charge is -2.32. The van der Waals surface area contributed by atoms with Gasteiger partial charge in [-0.05, 0) is 67.2 Å². The van der Waals surface area contributed by atoms with Gasteiger partial charge in [0.2, 0.25) is 17.7 Å². The number of ether oxygens (including phenoxy) is 1. The van der Waals surface area contributed by atoms with E-state index in [1.165, 1.54) is 6.92 Å². The van der Waals surface area contributed by atoms with Crippen LogP contribution in [0.1, 0.15) is 73.6 Å². The zero-order valence-corrected chi connectivity index (χ0v) is 22.9. The van der Waals surface area contributed by atoms with Crippen molar-refractivity contribution in [2.75, 3.05) is 0 Å². The summed E-state index contributed by atoms with van der Waals surface area (Å²) in [4.78, 5) is 50.1. The van der Waals surface area contributed by atoms with Crippen LogP contribution in [0.3, 0.4) is 0 Å². The number of carbonyl (C=O) groups excluding carboxylic acids is 4. The molecule has 14 heteroatoms. The highest BCUT2D eigenvalue weighted by atomic mass is 19.4. The van der Waals surface area contributed by atoms with Gasteiger partial charge in [-0.2, -0.15) is 18.4 Å². The molecule has 2 rings (SSSR count). The third-order valence-electron chi connectivity index (χ3n) is 6.41. The minimum Gasteiger partial charge on any atom is -0.370 e. The maximum atomic E-state index is 14.7. The van der Waals surface area contributed by atoms with Gasteiger partial charge in [0.1, 0.15) is 23.8 Å². The van der Waals surface area contributed by atoms with Crippen molar-refractivity contribution in [2.24, 2.45) is 5.92 Å². The molecular formula is C25H37F4N5O5. The predicted molar refractivity (Wildman–Crippen MR) is 130 cm³/mol. The summed E-state index contributed by atoms with van der Waals surface area (Å²) in [5, 5.41) is 18.6. The fraction of sp³-hybridized carbons (Fsp3) is 0.800. The van der Waals surface area contributed by atoms with Crippen LogP contribution in [-0.2, 0) is 23.9 Å². The lowest BCUT2D eigenvalue weighted by Crippen LogP contribution is -2.60. The van der Waals surface area contributed by atoms with Crippen molar-refractivity contribution in [3.05, 3.63) is 0 Å². The Bertz CT molecular complexity index is 1000. The maximum absolute atomic E-state index is 14.7. The lowest BCUT2D eigenvalue weighted by molar-refractivity contribution is -0.176. The standard InChI is InChI=1S/C25H37F4N5O5/c1-13(39-22(2,3)4)17(33-21(38)25(27,28)29)20(37)32-16(11-24(26)7-8-24)19(36)31-15(12-30)9-14-10-23(5,6)34-18(14)35/h13-17H,7-11H2,1-6H3,(H,31,36)(H,32,37)(H,33,38)(H,34,35). The van der Waals surface area contributed by atoms with E-state index in [4.69, 9.17) is 4.74 Å². The molecule has 2 aliphatic rings. The summed E-state index contributed by atoms with van der Waals surface area (Å²) in [6.45, 7) is 9.67. The second kappa shape index (κ2) is 11.7. The molecule has 0 aromatic carbocycles. The van der Waals surface area contributed by atoms with Gasteiger partial charge in [-0.3, -0.25) is 19.2 Å². The van der Waals surface area contributed by atoms with Crippen LogP contribution in [0.5, 0.6) is 0 Å². The summed E-state index contributed by atoms with van der Waals surface area (Å²) in [6, 6.07) is -2.71. The number of amides is 4. The SMILES string of the molecule is CC(OC(C)(C)C)C(NC(=O)C(F)(F)F)C(=O)NC(CC1(F)CC1)C(=O)NC(C#N)CC1CC(C)(C)NC1=O. The molecule has 220 valence electrons. The summed E-state index contributed by atoms with van der Waals surface area (Å²) >= 11 is 0. The third kappa shape index (κ3) is 9.94. The molecule has 0 bridgehead atoms. The molecule has 10 nitrogen and oxygen atoms in total. The molecule has 0 radical (unpaired) electrons. The van der Waals surface area contributed by atoms with E-state index < -0.39 is 77.3 Å². The van der Waals surface area contributed by atoms with E-state index in [9.17, 15) is 42.0 Å². The molecular weight excluding hydrogens is 526 g/mol. The van der Waals surface area contributed by atoms with Gasteiger partial charge in [-0.25, -0.2) is 4.39 Å². The second-order valence-corrected chi connectivity index (χ2v) is 12.0. The van der Waals surface area contributed by atoms with E-state index in [1.807, 2.05) is 19.9 Å². The van der Waals surface area contributed by atoms with Crippen molar-refractivity contribution in [3.63, 3.8) is 0 Å². The Morgan fingerprint density at radius 2 is 1.72 bits per heavy atom. The van der Waals surface area contributed by atoms with Crippen molar-refractivity contribution < 1.29 is 41.5 Å². The Balaban J connectivity index is 2.21. The summed E-state index contributed by atoms with van der Waals surface area (Å²) in [6.07, 6.45) is -6.44. The van der Waals surface area contributed by atoms with Crippen LogP contribution in [-0.4, -0.2) is 70.8 Å². The topological polar surface area (TPSA) is 149 Å².